The van der Waals surface area contributed by atoms with Gasteiger partial charge in [0.25, 0.3) is 23.6 Å². The number of rotatable bonds is 6. The third-order valence-electron chi connectivity index (χ3n) is 7.34. The second kappa shape index (κ2) is 10.3. The number of carbonyl (C=O) groups excluding carboxylic acids is 4. The molecule has 2 aliphatic heterocycles. The van der Waals surface area contributed by atoms with Gasteiger partial charge in [0.05, 0.1) is 44.6 Å². The minimum atomic E-state index is -5.00. The van der Waals surface area contributed by atoms with Crippen molar-refractivity contribution >= 4 is 43.9 Å². The molecule has 12 nitrogen and oxygen atoms in total. The van der Waals surface area contributed by atoms with E-state index in [4.69, 9.17) is 0 Å². The topological polar surface area (TPSA) is 161 Å². The molecule has 0 N–H and O–H groups in total. The normalized spacial score (nSPS) is 24.6. The molecule has 2 aromatic carbocycles. The van der Waals surface area contributed by atoms with Crippen LogP contribution >= 0.6 is 0 Å². The highest BCUT2D eigenvalue weighted by Crippen LogP contribution is 2.48. The lowest BCUT2D eigenvalue weighted by Crippen LogP contribution is -2.35. The molecule has 2 heterocycles. The van der Waals surface area contributed by atoms with Crippen molar-refractivity contribution < 1.29 is 70.9 Å². The average molecular weight is 671 g/mol. The van der Waals surface area contributed by atoms with Crippen LogP contribution in [0.25, 0.3) is 0 Å². The fraction of sp³-hybridized carbons (Fsp3) is 0.333. The van der Waals surface area contributed by atoms with E-state index in [-0.39, 0.29) is 10.1 Å². The minimum Gasteiger partial charge on any atom is -0.272 e. The maximum atomic E-state index is 13.0. The number of imide groups is 2. The zero-order valence-corrected chi connectivity index (χ0v) is 23.0. The maximum absolute atomic E-state index is 13.0. The van der Waals surface area contributed by atoms with Crippen molar-refractivity contribution in [3.63, 3.8) is 0 Å². The van der Waals surface area contributed by atoms with Crippen molar-refractivity contribution in [1.82, 2.24) is 10.1 Å². The van der Waals surface area contributed by atoms with E-state index in [0.29, 0.717) is 48.5 Å². The van der Waals surface area contributed by atoms with E-state index in [1.54, 1.807) is 0 Å². The van der Waals surface area contributed by atoms with Crippen molar-refractivity contribution in [2.45, 2.75) is 35.0 Å². The SMILES string of the molecule is O=C1C2CC3C(=O)N(OS(=O)(=O)c4ccc(C(F)(F)F)cc4)C(=O)C3CC2C(=O)N1OS(=O)(=O)c1ccc(C(F)(F)F)cc1. The number of hydrogen-bond donors (Lipinski definition) is 0. The summed E-state index contributed by atoms with van der Waals surface area (Å²) >= 11 is 0. The molecule has 1 aliphatic carbocycles. The quantitative estimate of drug-likeness (QED) is 0.330. The van der Waals surface area contributed by atoms with Gasteiger partial charge in [0, 0.05) is 0 Å². The van der Waals surface area contributed by atoms with Crippen molar-refractivity contribution in [3.05, 3.63) is 59.7 Å². The van der Waals surface area contributed by atoms with Gasteiger partial charge in [-0.15, -0.1) is 18.7 Å². The first-order valence-electron chi connectivity index (χ1n) is 12.2. The zero-order valence-electron chi connectivity index (χ0n) is 21.4. The summed E-state index contributed by atoms with van der Waals surface area (Å²) < 4.78 is 137. The number of alkyl halides is 6. The number of nitrogens with zero attached hydrogens (tertiary/aromatic N) is 2. The number of fused-ring (bicyclic) bond motifs is 2. The van der Waals surface area contributed by atoms with Gasteiger partial charge in [0.15, 0.2) is 0 Å². The van der Waals surface area contributed by atoms with Gasteiger partial charge >= 0.3 is 32.6 Å². The highest BCUT2D eigenvalue weighted by molar-refractivity contribution is 7.87. The third kappa shape index (κ3) is 5.46. The van der Waals surface area contributed by atoms with Crippen LogP contribution < -0.4 is 0 Å². The molecule has 3 fully saturated rings. The molecular formula is C24H16F6N2O10S2. The molecule has 4 atom stereocenters. The van der Waals surface area contributed by atoms with Gasteiger partial charge in [-0.25, -0.2) is 0 Å². The van der Waals surface area contributed by atoms with Gasteiger partial charge in [0.1, 0.15) is 0 Å². The highest BCUT2D eigenvalue weighted by atomic mass is 32.2. The van der Waals surface area contributed by atoms with Gasteiger partial charge in [-0.05, 0) is 61.4 Å². The largest absolute Gasteiger partial charge is 0.416 e. The van der Waals surface area contributed by atoms with E-state index in [1.165, 1.54) is 0 Å². The summed E-state index contributed by atoms with van der Waals surface area (Å²) in [5, 5.41) is -0.219. The lowest BCUT2D eigenvalue weighted by Gasteiger charge is -2.27. The fourth-order valence-electron chi connectivity index (χ4n) is 5.17. The van der Waals surface area contributed by atoms with Gasteiger partial charge in [-0.2, -0.15) is 43.2 Å². The lowest BCUT2D eigenvalue weighted by molar-refractivity contribution is -0.166. The number of amides is 4. The summed E-state index contributed by atoms with van der Waals surface area (Å²) in [5.41, 5.74) is -2.36. The molecule has 3 aliphatic rings. The molecule has 20 heteroatoms. The van der Waals surface area contributed by atoms with Gasteiger partial charge in [-0.3, -0.25) is 19.2 Å². The monoisotopic (exact) mass is 670 g/mol. The van der Waals surface area contributed by atoms with Crippen LogP contribution in [0.3, 0.4) is 0 Å². The van der Waals surface area contributed by atoms with E-state index >= 15 is 0 Å². The zero-order chi connectivity index (χ0) is 32.6. The molecule has 5 rings (SSSR count). The van der Waals surface area contributed by atoms with E-state index in [9.17, 15) is 62.4 Å². The predicted molar refractivity (Wildman–Crippen MR) is 126 cm³/mol. The Morgan fingerprint density at radius 1 is 0.523 bits per heavy atom. The van der Waals surface area contributed by atoms with Crippen LogP contribution in [0.15, 0.2) is 58.3 Å². The maximum Gasteiger partial charge on any atom is 0.416 e. The number of hydrogen-bond acceptors (Lipinski definition) is 10. The van der Waals surface area contributed by atoms with Crippen LogP contribution in [0, 0.1) is 23.7 Å². The van der Waals surface area contributed by atoms with Crippen LogP contribution in [0.1, 0.15) is 24.0 Å². The molecule has 4 amide bonds. The molecule has 1 saturated carbocycles. The number of carbonyl (C=O) groups is 4. The van der Waals surface area contributed by atoms with Crippen LogP contribution in [0.5, 0.6) is 0 Å². The Bertz CT molecular complexity index is 1600. The summed E-state index contributed by atoms with van der Waals surface area (Å²) in [6, 6.07) is 3.94. The second-order valence-electron chi connectivity index (χ2n) is 9.94. The fourth-order valence-corrected chi connectivity index (χ4v) is 6.96. The third-order valence-corrected chi connectivity index (χ3v) is 9.73. The predicted octanol–water partition coefficient (Wildman–Crippen LogP) is 2.66. The average Bonchev–Trinajstić information content (AvgIpc) is 3.30. The van der Waals surface area contributed by atoms with E-state index in [0.717, 1.165) is 0 Å². The molecular weight excluding hydrogens is 654 g/mol. The van der Waals surface area contributed by atoms with Crippen molar-refractivity contribution in [1.29, 1.82) is 0 Å². The van der Waals surface area contributed by atoms with E-state index < -0.39 is 114 Å². The Kier molecular flexibility index (Phi) is 7.42. The molecule has 0 radical (unpaired) electrons. The smallest absolute Gasteiger partial charge is 0.272 e. The highest BCUT2D eigenvalue weighted by Gasteiger charge is 2.62. The van der Waals surface area contributed by atoms with Crippen molar-refractivity contribution in [3.8, 4) is 0 Å². The minimum absolute atomic E-state index is 0.109. The van der Waals surface area contributed by atoms with Gasteiger partial charge < -0.3 is 0 Å². The standard InChI is InChI=1S/C24H16F6N2O10S2/c25-23(26,27)11-1-5-13(6-2-11)43(37,38)41-31-19(33)15-9-17-18(10-16(15)20(31)34)22(36)32(21(17)35)42-44(39,40)14-7-3-12(4-8-14)24(28,29)30/h1-8,15-18H,9-10H2. The summed E-state index contributed by atoms with van der Waals surface area (Å²) in [7, 11) is -9.99. The summed E-state index contributed by atoms with van der Waals surface area (Å²) in [4.78, 5) is 50.2. The Labute approximate surface area is 243 Å². The van der Waals surface area contributed by atoms with E-state index in [2.05, 4.69) is 8.57 Å². The molecule has 2 saturated heterocycles. The lowest BCUT2D eigenvalue weighted by atomic mass is 9.70. The first kappa shape index (κ1) is 31.5. The van der Waals surface area contributed by atoms with Crippen molar-refractivity contribution in [2.24, 2.45) is 23.7 Å². The van der Waals surface area contributed by atoms with Crippen LogP contribution in [-0.4, -0.2) is 50.6 Å². The molecule has 2 aromatic rings. The molecule has 0 aromatic heterocycles. The summed E-state index contributed by atoms with van der Waals surface area (Å²) in [6.45, 7) is 0. The Morgan fingerprint density at radius 2 is 0.773 bits per heavy atom. The summed E-state index contributed by atoms with van der Waals surface area (Å²) in [5.74, 6) is -10.5. The molecule has 0 bridgehead atoms. The van der Waals surface area contributed by atoms with Gasteiger partial charge in [0.2, 0.25) is 0 Å². The number of halogens is 6. The Hall–Kier alpha value is -3.88. The second-order valence-corrected chi connectivity index (χ2v) is 13.0. The Balaban J connectivity index is 1.30. The van der Waals surface area contributed by atoms with Crippen LogP contribution in [-0.2, 0) is 60.3 Å². The van der Waals surface area contributed by atoms with E-state index in [1.807, 2.05) is 0 Å². The number of hydroxylamine groups is 4. The Morgan fingerprint density at radius 3 is 1.00 bits per heavy atom. The molecule has 236 valence electrons. The van der Waals surface area contributed by atoms with Crippen LogP contribution in [0.2, 0.25) is 0 Å². The molecule has 4 unspecified atom stereocenters. The summed E-state index contributed by atoms with van der Waals surface area (Å²) in [6.07, 6.45) is -10.6. The van der Waals surface area contributed by atoms with Gasteiger partial charge in [-0.1, -0.05) is 0 Å². The number of benzene rings is 2. The molecule has 0 spiro atoms. The van der Waals surface area contributed by atoms with Crippen LogP contribution in [0.4, 0.5) is 26.3 Å². The first-order chi connectivity index (χ1) is 20.2. The molecule has 44 heavy (non-hydrogen) atoms. The van der Waals surface area contributed by atoms with Crippen molar-refractivity contribution in [2.75, 3.05) is 0 Å². The first-order valence-corrected chi connectivity index (χ1v) is 15.0.